The van der Waals surface area contributed by atoms with Crippen LogP contribution in [0.2, 0.25) is 0 Å². The number of aliphatic imine (C=N–C) groups is 1. The summed E-state index contributed by atoms with van der Waals surface area (Å²) in [6.07, 6.45) is 6.00. The molecule has 1 saturated heterocycles. The van der Waals surface area contributed by atoms with Crippen molar-refractivity contribution >= 4 is 5.96 Å². The normalized spacial score (nSPS) is 17.0. The number of benzene rings is 1. The third kappa shape index (κ3) is 6.98. The molecule has 0 spiro atoms. The molecule has 1 atom stereocenters. The standard InChI is InChI=1S/C21H31N5O2/c1-2-22-21(23-9-5-12-28-20-8-13-27-17-20)24-15-18-6-3-7-19(14-18)16-26-11-4-10-25-26/h3-4,6-7,10-11,14,20H,2,5,8-9,12-13,15-17H2,1H3,(H2,22,23,24). The Hall–Kier alpha value is -2.38. The fraction of sp³-hybridized carbons (Fsp3) is 0.524. The van der Waals surface area contributed by atoms with E-state index in [4.69, 9.17) is 14.5 Å². The lowest BCUT2D eigenvalue weighted by Gasteiger charge is -2.13. The average Bonchev–Trinajstić information content (AvgIpc) is 3.40. The van der Waals surface area contributed by atoms with Crippen molar-refractivity contribution in [1.29, 1.82) is 0 Å². The summed E-state index contributed by atoms with van der Waals surface area (Å²) in [5.41, 5.74) is 2.41. The van der Waals surface area contributed by atoms with Crippen LogP contribution in [-0.2, 0) is 22.6 Å². The molecule has 0 radical (unpaired) electrons. The molecule has 28 heavy (non-hydrogen) atoms. The van der Waals surface area contributed by atoms with Crippen LogP contribution < -0.4 is 10.6 Å². The van der Waals surface area contributed by atoms with E-state index >= 15 is 0 Å². The molecule has 1 aromatic heterocycles. The van der Waals surface area contributed by atoms with E-state index in [0.717, 1.165) is 58.3 Å². The van der Waals surface area contributed by atoms with Gasteiger partial charge in [0.1, 0.15) is 0 Å². The maximum atomic E-state index is 5.80. The van der Waals surface area contributed by atoms with Gasteiger partial charge in [-0.2, -0.15) is 5.10 Å². The lowest BCUT2D eigenvalue weighted by molar-refractivity contribution is 0.0420. The zero-order valence-electron chi connectivity index (χ0n) is 16.6. The molecule has 3 rings (SSSR count). The Bertz CT molecular complexity index is 711. The number of hydrogen-bond donors (Lipinski definition) is 2. The van der Waals surface area contributed by atoms with Crippen LogP contribution in [0.15, 0.2) is 47.7 Å². The van der Waals surface area contributed by atoms with Crippen molar-refractivity contribution in [2.45, 2.75) is 39.0 Å². The fourth-order valence-corrected chi connectivity index (χ4v) is 3.09. The van der Waals surface area contributed by atoms with E-state index in [1.54, 1.807) is 6.20 Å². The Morgan fingerprint density at radius 1 is 1.32 bits per heavy atom. The van der Waals surface area contributed by atoms with E-state index in [1.807, 2.05) is 16.9 Å². The number of ether oxygens (including phenoxy) is 2. The summed E-state index contributed by atoms with van der Waals surface area (Å²) in [6, 6.07) is 10.4. The Kier molecular flexibility index (Phi) is 8.33. The molecule has 152 valence electrons. The Balaban J connectivity index is 1.43. The molecule has 7 heteroatoms. The van der Waals surface area contributed by atoms with Crippen molar-refractivity contribution in [2.75, 3.05) is 32.9 Å². The van der Waals surface area contributed by atoms with Gasteiger partial charge in [-0.3, -0.25) is 4.68 Å². The molecule has 1 aromatic carbocycles. The second-order valence-electron chi connectivity index (χ2n) is 6.86. The van der Waals surface area contributed by atoms with E-state index in [9.17, 15) is 0 Å². The van der Waals surface area contributed by atoms with Crippen LogP contribution >= 0.6 is 0 Å². The lowest BCUT2D eigenvalue weighted by atomic mass is 10.1. The van der Waals surface area contributed by atoms with Crippen molar-refractivity contribution < 1.29 is 9.47 Å². The van der Waals surface area contributed by atoms with E-state index in [2.05, 4.69) is 46.9 Å². The highest BCUT2D eigenvalue weighted by Crippen LogP contribution is 2.09. The average molecular weight is 386 g/mol. The SMILES string of the molecule is CCNC(=NCc1cccc(Cn2cccn2)c1)NCCCOC1CCOC1. The number of rotatable bonds is 10. The number of nitrogens with one attached hydrogen (secondary N) is 2. The number of hydrogen-bond acceptors (Lipinski definition) is 4. The summed E-state index contributed by atoms with van der Waals surface area (Å²) in [6.45, 7) is 7.45. The van der Waals surface area contributed by atoms with Crippen LogP contribution in [0.1, 0.15) is 30.9 Å². The maximum Gasteiger partial charge on any atom is 0.191 e. The largest absolute Gasteiger partial charge is 0.379 e. The van der Waals surface area contributed by atoms with Gasteiger partial charge >= 0.3 is 0 Å². The zero-order valence-corrected chi connectivity index (χ0v) is 16.6. The molecule has 7 nitrogen and oxygen atoms in total. The summed E-state index contributed by atoms with van der Waals surface area (Å²) in [5.74, 6) is 0.837. The third-order valence-electron chi connectivity index (χ3n) is 4.51. The smallest absolute Gasteiger partial charge is 0.191 e. The van der Waals surface area contributed by atoms with Gasteiger partial charge in [0, 0.05) is 38.7 Å². The van der Waals surface area contributed by atoms with Gasteiger partial charge in [-0.1, -0.05) is 24.3 Å². The molecular formula is C21H31N5O2. The van der Waals surface area contributed by atoms with Gasteiger partial charge in [0.15, 0.2) is 5.96 Å². The summed E-state index contributed by atoms with van der Waals surface area (Å²) in [4.78, 5) is 4.71. The van der Waals surface area contributed by atoms with Crippen molar-refractivity contribution in [3.05, 3.63) is 53.9 Å². The van der Waals surface area contributed by atoms with Crippen LogP contribution in [0.4, 0.5) is 0 Å². The molecule has 2 N–H and O–H groups in total. The lowest BCUT2D eigenvalue weighted by Crippen LogP contribution is -2.38. The summed E-state index contributed by atoms with van der Waals surface area (Å²) < 4.78 is 13.0. The molecule has 0 amide bonds. The highest BCUT2D eigenvalue weighted by molar-refractivity contribution is 5.79. The third-order valence-corrected chi connectivity index (χ3v) is 4.51. The van der Waals surface area contributed by atoms with Gasteiger partial charge in [0.2, 0.25) is 0 Å². The van der Waals surface area contributed by atoms with Crippen LogP contribution in [0.5, 0.6) is 0 Å². The van der Waals surface area contributed by atoms with Crippen LogP contribution in [0.25, 0.3) is 0 Å². The Morgan fingerprint density at radius 3 is 3.04 bits per heavy atom. The highest BCUT2D eigenvalue weighted by Gasteiger charge is 2.15. The minimum atomic E-state index is 0.274. The first-order chi connectivity index (χ1) is 13.8. The molecule has 1 unspecified atom stereocenters. The first kappa shape index (κ1) is 20.4. The minimum absolute atomic E-state index is 0.274. The molecule has 2 heterocycles. The number of nitrogens with zero attached hydrogens (tertiary/aromatic N) is 3. The molecule has 2 aromatic rings. The fourth-order valence-electron chi connectivity index (χ4n) is 3.09. The Labute approximate surface area is 167 Å². The van der Waals surface area contributed by atoms with Gasteiger partial charge in [-0.25, -0.2) is 4.99 Å². The van der Waals surface area contributed by atoms with Crippen LogP contribution in [-0.4, -0.2) is 54.8 Å². The van der Waals surface area contributed by atoms with Gasteiger partial charge in [-0.15, -0.1) is 0 Å². The van der Waals surface area contributed by atoms with Crippen LogP contribution in [0.3, 0.4) is 0 Å². The quantitative estimate of drug-likeness (QED) is 0.373. The van der Waals surface area contributed by atoms with E-state index < -0.39 is 0 Å². The van der Waals surface area contributed by atoms with E-state index in [0.29, 0.717) is 6.54 Å². The Morgan fingerprint density at radius 2 is 2.25 bits per heavy atom. The summed E-state index contributed by atoms with van der Waals surface area (Å²) in [5, 5.41) is 10.9. The van der Waals surface area contributed by atoms with Crippen molar-refractivity contribution in [1.82, 2.24) is 20.4 Å². The highest BCUT2D eigenvalue weighted by atomic mass is 16.5. The predicted molar refractivity (Wildman–Crippen MR) is 110 cm³/mol. The molecule has 1 aliphatic heterocycles. The first-order valence-electron chi connectivity index (χ1n) is 10.1. The van der Waals surface area contributed by atoms with Gasteiger partial charge in [-0.05, 0) is 37.0 Å². The number of aromatic nitrogens is 2. The van der Waals surface area contributed by atoms with Gasteiger partial charge in [0.25, 0.3) is 0 Å². The van der Waals surface area contributed by atoms with Crippen LogP contribution in [0, 0.1) is 0 Å². The van der Waals surface area contributed by atoms with E-state index in [-0.39, 0.29) is 6.10 Å². The second-order valence-corrected chi connectivity index (χ2v) is 6.86. The van der Waals surface area contributed by atoms with Crippen molar-refractivity contribution in [3.63, 3.8) is 0 Å². The van der Waals surface area contributed by atoms with Gasteiger partial charge in [0.05, 0.1) is 25.8 Å². The molecule has 1 aliphatic rings. The van der Waals surface area contributed by atoms with Crippen molar-refractivity contribution in [2.24, 2.45) is 4.99 Å². The van der Waals surface area contributed by atoms with Gasteiger partial charge < -0.3 is 20.1 Å². The molecular weight excluding hydrogens is 354 g/mol. The first-order valence-corrected chi connectivity index (χ1v) is 10.1. The van der Waals surface area contributed by atoms with Crippen molar-refractivity contribution in [3.8, 4) is 0 Å². The molecule has 1 fully saturated rings. The topological polar surface area (TPSA) is 72.7 Å². The minimum Gasteiger partial charge on any atom is -0.379 e. The molecule has 0 saturated carbocycles. The summed E-state index contributed by atoms with van der Waals surface area (Å²) >= 11 is 0. The number of guanidine groups is 1. The zero-order chi connectivity index (χ0) is 19.4. The predicted octanol–water partition coefficient (Wildman–Crippen LogP) is 2.18. The molecule has 0 bridgehead atoms. The second kappa shape index (κ2) is 11.5. The van der Waals surface area contributed by atoms with E-state index in [1.165, 1.54) is 11.1 Å². The molecule has 0 aliphatic carbocycles. The summed E-state index contributed by atoms with van der Waals surface area (Å²) in [7, 11) is 0. The maximum absolute atomic E-state index is 5.80. The monoisotopic (exact) mass is 385 g/mol.